The molecule has 3 amide bonds. The maximum atomic E-state index is 15.0. The summed E-state index contributed by atoms with van der Waals surface area (Å²) in [5, 5.41) is 15.0. The number of nitrogens with one attached hydrogen (secondary N) is 2. The van der Waals surface area contributed by atoms with Crippen LogP contribution in [0.15, 0.2) is 96.1 Å². The summed E-state index contributed by atoms with van der Waals surface area (Å²) in [5.41, 5.74) is 2.58. The maximum absolute atomic E-state index is 15.0. The van der Waals surface area contributed by atoms with Crippen molar-refractivity contribution in [1.82, 2.24) is 10.3 Å². The van der Waals surface area contributed by atoms with Crippen LogP contribution >= 0.6 is 0 Å². The number of aryl methyl sites for hydroxylation is 1. The first-order valence-corrected chi connectivity index (χ1v) is 12.4. The Labute approximate surface area is 229 Å². The number of carbonyl (C=O) groups is 3. The van der Waals surface area contributed by atoms with Gasteiger partial charge in [0.2, 0.25) is 6.17 Å². The highest BCUT2D eigenvalue weighted by molar-refractivity contribution is 6.20. The summed E-state index contributed by atoms with van der Waals surface area (Å²) < 4.78 is 15.0. The fraction of sp³-hybridized carbons (Fsp3) is 0.100. The molecule has 0 bridgehead atoms. The first-order valence-electron chi connectivity index (χ1n) is 12.4. The molecule has 0 radical (unpaired) electrons. The van der Waals surface area contributed by atoms with Crippen LogP contribution in [-0.4, -0.2) is 39.9 Å². The molecular formula is C30H24FN5O4. The number of carbonyl (C=O) groups excluding carboxylic acids is 2. The van der Waals surface area contributed by atoms with Gasteiger partial charge in [0.15, 0.2) is 0 Å². The van der Waals surface area contributed by atoms with Gasteiger partial charge in [0.25, 0.3) is 5.91 Å². The lowest BCUT2D eigenvalue weighted by atomic mass is 9.99. The van der Waals surface area contributed by atoms with E-state index in [2.05, 4.69) is 20.6 Å². The second-order valence-electron chi connectivity index (χ2n) is 9.07. The van der Waals surface area contributed by atoms with Gasteiger partial charge in [0.05, 0.1) is 29.2 Å². The zero-order valence-corrected chi connectivity index (χ0v) is 21.3. The Morgan fingerprint density at radius 2 is 1.73 bits per heavy atom. The number of rotatable bonds is 6. The van der Waals surface area contributed by atoms with Crippen molar-refractivity contribution in [3.05, 3.63) is 125 Å². The molecule has 3 N–H and O–H groups in total. The van der Waals surface area contributed by atoms with Crippen molar-refractivity contribution in [3.63, 3.8) is 0 Å². The lowest BCUT2D eigenvalue weighted by Gasteiger charge is -2.25. The van der Waals surface area contributed by atoms with E-state index in [0.29, 0.717) is 16.9 Å². The summed E-state index contributed by atoms with van der Waals surface area (Å²) in [6.45, 7) is 1.65. The van der Waals surface area contributed by atoms with Crippen molar-refractivity contribution < 1.29 is 23.9 Å². The number of fused-ring (bicyclic) bond motifs is 1. The summed E-state index contributed by atoms with van der Waals surface area (Å²) in [5.74, 6) is -2.41. The minimum atomic E-state index is -1.47. The third-order valence-electron chi connectivity index (χ3n) is 6.31. The highest BCUT2D eigenvalue weighted by Gasteiger charge is 2.34. The molecule has 0 saturated heterocycles. The molecule has 1 atom stereocenters. The van der Waals surface area contributed by atoms with Crippen molar-refractivity contribution in [2.24, 2.45) is 4.99 Å². The molecule has 5 rings (SSSR count). The van der Waals surface area contributed by atoms with Crippen molar-refractivity contribution in [1.29, 1.82) is 0 Å². The van der Waals surface area contributed by atoms with Crippen molar-refractivity contribution in [3.8, 4) is 0 Å². The standard InChI is InChI=1S/C30H24FN5O4/c1-18-8-6-9-19(16-18)33-30(40)35-27-28(37)36(17-24-21(29(38)39)12-7-15-32-24)25-14-5-3-11-22(25)26(34-27)20-10-2-4-13-23(20)31/h2-16,27H,17H2,1H3,(H,38,39)(H2,33,35,40)/t27-/m0/s1. The summed E-state index contributed by atoms with van der Waals surface area (Å²) in [7, 11) is 0. The van der Waals surface area contributed by atoms with Crippen LogP contribution in [0, 0.1) is 12.7 Å². The zero-order valence-electron chi connectivity index (χ0n) is 21.3. The van der Waals surface area contributed by atoms with Crippen LogP contribution in [0.1, 0.15) is 32.7 Å². The van der Waals surface area contributed by atoms with E-state index in [1.54, 1.807) is 54.6 Å². The fourth-order valence-electron chi connectivity index (χ4n) is 4.48. The zero-order chi connectivity index (χ0) is 28.2. The first kappa shape index (κ1) is 26.2. The van der Waals surface area contributed by atoms with E-state index >= 15 is 4.39 Å². The third kappa shape index (κ3) is 5.41. The molecule has 40 heavy (non-hydrogen) atoms. The Morgan fingerprint density at radius 3 is 2.48 bits per heavy atom. The number of benzene rings is 3. The van der Waals surface area contributed by atoms with Gasteiger partial charge >= 0.3 is 12.0 Å². The van der Waals surface area contributed by atoms with E-state index in [1.807, 2.05) is 13.0 Å². The van der Waals surface area contributed by atoms with Gasteiger partial charge in [-0.05, 0) is 55.0 Å². The largest absolute Gasteiger partial charge is 0.478 e. The van der Waals surface area contributed by atoms with Gasteiger partial charge in [0.1, 0.15) is 5.82 Å². The number of aliphatic imine (C=N–C) groups is 1. The molecule has 0 saturated carbocycles. The number of hydrogen-bond donors (Lipinski definition) is 3. The molecule has 9 nitrogen and oxygen atoms in total. The number of aromatic nitrogens is 1. The average molecular weight is 538 g/mol. The highest BCUT2D eigenvalue weighted by atomic mass is 19.1. The summed E-state index contributed by atoms with van der Waals surface area (Å²) in [6, 6.07) is 22.1. The SMILES string of the molecule is Cc1cccc(NC(=O)N[C@@H]2N=C(c3ccccc3F)c3ccccc3N(Cc3ncccc3C(=O)O)C2=O)c1. The summed E-state index contributed by atoms with van der Waals surface area (Å²) >= 11 is 0. The van der Waals surface area contributed by atoms with Gasteiger partial charge in [0, 0.05) is 23.0 Å². The first-order chi connectivity index (χ1) is 19.3. The van der Waals surface area contributed by atoms with Crippen LogP contribution in [0.3, 0.4) is 0 Å². The predicted molar refractivity (Wildman–Crippen MR) is 148 cm³/mol. The molecule has 1 aliphatic heterocycles. The van der Waals surface area contributed by atoms with Crippen LogP contribution < -0.4 is 15.5 Å². The second-order valence-corrected chi connectivity index (χ2v) is 9.07. The summed E-state index contributed by atoms with van der Waals surface area (Å²) in [4.78, 5) is 48.9. The number of nitrogens with zero attached hydrogens (tertiary/aromatic N) is 3. The third-order valence-corrected chi connectivity index (χ3v) is 6.31. The predicted octanol–water partition coefficient (Wildman–Crippen LogP) is 4.76. The lowest BCUT2D eigenvalue weighted by molar-refractivity contribution is -0.120. The number of hydrogen-bond acceptors (Lipinski definition) is 5. The molecule has 4 aromatic rings. The number of carboxylic acid groups (broad SMARTS) is 1. The van der Waals surface area contributed by atoms with Gasteiger partial charge in [-0.1, -0.05) is 42.5 Å². The Hall–Kier alpha value is -5.38. The molecule has 1 aliphatic rings. The van der Waals surface area contributed by atoms with Crippen LogP contribution in [0.4, 0.5) is 20.6 Å². The van der Waals surface area contributed by atoms with Gasteiger partial charge < -0.3 is 20.6 Å². The molecule has 2 heterocycles. The molecule has 10 heteroatoms. The highest BCUT2D eigenvalue weighted by Crippen LogP contribution is 2.30. The number of benzodiazepines with no additional fused rings is 1. The van der Waals surface area contributed by atoms with Gasteiger partial charge in [-0.15, -0.1) is 0 Å². The minimum Gasteiger partial charge on any atom is -0.478 e. The molecule has 200 valence electrons. The van der Waals surface area contributed by atoms with Crippen LogP contribution in [-0.2, 0) is 11.3 Å². The number of halogens is 1. The molecule has 1 aromatic heterocycles. The number of carboxylic acids is 1. The number of para-hydroxylation sites is 1. The number of anilines is 2. The number of pyridine rings is 1. The molecular weight excluding hydrogens is 513 g/mol. The number of aromatic carboxylic acids is 1. The topological polar surface area (TPSA) is 124 Å². The van der Waals surface area contributed by atoms with Gasteiger partial charge in [-0.25, -0.2) is 19.0 Å². The van der Waals surface area contributed by atoms with Crippen LogP contribution in [0.5, 0.6) is 0 Å². The van der Waals surface area contributed by atoms with E-state index in [1.165, 1.54) is 35.4 Å². The van der Waals surface area contributed by atoms with Crippen molar-refractivity contribution in [2.45, 2.75) is 19.6 Å². The molecule has 0 fully saturated rings. The van der Waals surface area contributed by atoms with E-state index in [-0.39, 0.29) is 29.1 Å². The molecule has 3 aromatic carbocycles. The molecule has 0 spiro atoms. The summed E-state index contributed by atoms with van der Waals surface area (Å²) in [6.07, 6.45) is -0.0359. The van der Waals surface area contributed by atoms with E-state index in [4.69, 9.17) is 0 Å². The lowest BCUT2D eigenvalue weighted by Crippen LogP contribution is -2.48. The van der Waals surface area contributed by atoms with E-state index in [9.17, 15) is 19.5 Å². The average Bonchev–Trinajstić information content (AvgIpc) is 3.04. The van der Waals surface area contributed by atoms with Gasteiger partial charge in [-0.2, -0.15) is 0 Å². The van der Waals surface area contributed by atoms with E-state index < -0.39 is 29.9 Å². The Bertz CT molecular complexity index is 1650. The minimum absolute atomic E-state index is 0.0750. The Kier molecular flexibility index (Phi) is 7.32. The smallest absolute Gasteiger partial charge is 0.337 e. The second kappa shape index (κ2) is 11.2. The number of urea groups is 1. The monoisotopic (exact) mass is 537 g/mol. The molecule has 0 unspecified atom stereocenters. The van der Waals surface area contributed by atoms with Crippen LogP contribution in [0.2, 0.25) is 0 Å². The Morgan fingerprint density at radius 1 is 0.975 bits per heavy atom. The maximum Gasteiger partial charge on any atom is 0.337 e. The van der Waals surface area contributed by atoms with Crippen molar-refractivity contribution in [2.75, 3.05) is 10.2 Å². The van der Waals surface area contributed by atoms with Gasteiger partial charge in [-0.3, -0.25) is 9.78 Å². The normalized spacial score (nSPS) is 14.6. The quantitative estimate of drug-likeness (QED) is 0.327. The van der Waals surface area contributed by atoms with E-state index in [0.717, 1.165) is 5.56 Å². The Balaban J connectivity index is 1.60. The molecule has 0 aliphatic carbocycles. The van der Waals surface area contributed by atoms with Crippen molar-refractivity contribution >= 4 is 35.0 Å². The van der Waals surface area contributed by atoms with Crippen LogP contribution in [0.25, 0.3) is 0 Å². The number of amides is 3. The fourth-order valence-corrected chi connectivity index (χ4v) is 4.48.